The summed E-state index contributed by atoms with van der Waals surface area (Å²) in [7, 11) is 0. The van der Waals surface area contributed by atoms with Crippen LogP contribution in [0.1, 0.15) is 26.7 Å². The second-order valence-corrected chi connectivity index (χ2v) is 3.81. The Bertz CT molecular complexity index is 282. The lowest BCUT2D eigenvalue weighted by Crippen LogP contribution is -2.35. The van der Waals surface area contributed by atoms with Crippen LogP contribution in [0.4, 0.5) is 0 Å². The Morgan fingerprint density at radius 1 is 1.67 bits per heavy atom. The van der Waals surface area contributed by atoms with Gasteiger partial charge in [-0.3, -0.25) is 4.79 Å². The molecule has 0 bridgehead atoms. The van der Waals surface area contributed by atoms with Crippen LogP contribution < -0.4 is 0 Å². The third-order valence-electron chi connectivity index (χ3n) is 2.41. The lowest BCUT2D eigenvalue weighted by atomic mass is 9.96. The van der Waals surface area contributed by atoms with E-state index in [0.29, 0.717) is 18.6 Å². The van der Waals surface area contributed by atoms with Gasteiger partial charge in [0.25, 0.3) is 0 Å². The van der Waals surface area contributed by atoms with Crippen LogP contribution in [0.2, 0.25) is 0 Å². The first-order valence-electron chi connectivity index (χ1n) is 5.05. The summed E-state index contributed by atoms with van der Waals surface area (Å²) in [5.41, 5.74) is 0.339. The zero-order valence-electron chi connectivity index (χ0n) is 9.12. The molecule has 1 fully saturated rings. The van der Waals surface area contributed by atoms with E-state index in [1.54, 1.807) is 13.8 Å². The zero-order chi connectivity index (χ0) is 11.4. The Labute approximate surface area is 89.2 Å². The number of hydrogen-bond acceptors (Lipinski definition) is 4. The van der Waals surface area contributed by atoms with Crippen molar-refractivity contribution in [1.82, 2.24) is 0 Å². The smallest absolute Gasteiger partial charge is 0.333 e. The highest BCUT2D eigenvalue weighted by Crippen LogP contribution is 2.21. The van der Waals surface area contributed by atoms with E-state index in [1.165, 1.54) is 0 Å². The predicted octanol–water partition coefficient (Wildman–Crippen LogP) is 1.45. The third-order valence-corrected chi connectivity index (χ3v) is 2.41. The van der Waals surface area contributed by atoms with E-state index in [1.807, 2.05) is 0 Å². The van der Waals surface area contributed by atoms with E-state index in [0.717, 1.165) is 6.42 Å². The molecule has 0 amide bonds. The molecule has 4 nitrogen and oxygen atoms in total. The highest BCUT2D eigenvalue weighted by Gasteiger charge is 2.31. The molecular formula is C11H16O4. The monoisotopic (exact) mass is 212 g/mol. The molecule has 1 rings (SSSR count). The van der Waals surface area contributed by atoms with E-state index < -0.39 is 12.1 Å². The quantitative estimate of drug-likeness (QED) is 0.525. The maximum Gasteiger partial charge on any atom is 0.333 e. The number of carbonyl (C=O) groups is 2. The van der Waals surface area contributed by atoms with E-state index in [2.05, 4.69) is 6.58 Å². The van der Waals surface area contributed by atoms with Gasteiger partial charge in [0, 0.05) is 5.57 Å². The molecule has 4 heteroatoms. The highest BCUT2D eigenvalue weighted by atomic mass is 16.6. The van der Waals surface area contributed by atoms with Gasteiger partial charge in [-0.2, -0.15) is 0 Å². The van der Waals surface area contributed by atoms with Crippen LogP contribution in [0.3, 0.4) is 0 Å². The van der Waals surface area contributed by atoms with Crippen LogP contribution in [0.15, 0.2) is 12.2 Å². The minimum atomic E-state index is -0.458. The largest absolute Gasteiger partial charge is 0.465 e. The van der Waals surface area contributed by atoms with E-state index in [9.17, 15) is 9.59 Å². The molecule has 0 N–H and O–H groups in total. The number of esters is 2. The molecule has 0 spiro atoms. The van der Waals surface area contributed by atoms with Gasteiger partial charge in [0.05, 0.1) is 12.5 Å². The Hall–Kier alpha value is -1.32. The van der Waals surface area contributed by atoms with E-state index in [4.69, 9.17) is 9.47 Å². The van der Waals surface area contributed by atoms with Crippen molar-refractivity contribution < 1.29 is 19.1 Å². The van der Waals surface area contributed by atoms with Crippen molar-refractivity contribution in [3.8, 4) is 0 Å². The molecule has 15 heavy (non-hydrogen) atoms. The summed E-state index contributed by atoms with van der Waals surface area (Å²) in [6, 6.07) is 0. The zero-order valence-corrected chi connectivity index (χ0v) is 9.12. The minimum absolute atomic E-state index is 0.275. The average molecular weight is 212 g/mol. The summed E-state index contributed by atoms with van der Waals surface area (Å²) in [6.45, 7) is 7.23. The Morgan fingerprint density at radius 3 is 2.87 bits per heavy atom. The average Bonchev–Trinajstić information content (AvgIpc) is 2.18. The van der Waals surface area contributed by atoms with Crippen LogP contribution in [-0.4, -0.2) is 24.6 Å². The molecular weight excluding hydrogens is 196 g/mol. The number of rotatable bonds is 3. The fourth-order valence-corrected chi connectivity index (χ4v) is 1.48. The van der Waals surface area contributed by atoms with Gasteiger partial charge in [0.1, 0.15) is 6.10 Å². The van der Waals surface area contributed by atoms with Crippen molar-refractivity contribution >= 4 is 11.9 Å². The lowest BCUT2D eigenvalue weighted by molar-refractivity contribution is -0.163. The molecule has 2 unspecified atom stereocenters. The summed E-state index contributed by atoms with van der Waals surface area (Å²) in [5.74, 6) is -1.06. The van der Waals surface area contributed by atoms with Crippen LogP contribution >= 0.6 is 0 Å². The van der Waals surface area contributed by atoms with Crippen molar-refractivity contribution in [3.05, 3.63) is 12.2 Å². The van der Waals surface area contributed by atoms with Crippen LogP contribution in [0.5, 0.6) is 0 Å². The van der Waals surface area contributed by atoms with Gasteiger partial charge in [-0.25, -0.2) is 4.79 Å². The standard InChI is InChI=1S/C11H16O4/c1-7(2)10(12)15-8(3)9-5-4-6-14-11(9)13/h8-9H,1,4-6H2,2-3H3. The summed E-state index contributed by atoms with van der Waals surface area (Å²) >= 11 is 0. The van der Waals surface area contributed by atoms with Crippen LogP contribution in [0.25, 0.3) is 0 Å². The number of ether oxygens (including phenoxy) is 2. The molecule has 0 aromatic carbocycles. The molecule has 1 aliphatic heterocycles. The normalized spacial score (nSPS) is 22.8. The van der Waals surface area contributed by atoms with Crippen molar-refractivity contribution in [1.29, 1.82) is 0 Å². The number of hydrogen-bond donors (Lipinski definition) is 0. The fourth-order valence-electron chi connectivity index (χ4n) is 1.48. The fraction of sp³-hybridized carbons (Fsp3) is 0.636. The van der Waals surface area contributed by atoms with Gasteiger partial charge in [-0.1, -0.05) is 6.58 Å². The number of cyclic esters (lactones) is 1. The first-order chi connectivity index (χ1) is 7.02. The van der Waals surface area contributed by atoms with Crippen LogP contribution in [-0.2, 0) is 19.1 Å². The van der Waals surface area contributed by atoms with Gasteiger partial charge >= 0.3 is 11.9 Å². The summed E-state index contributed by atoms with van der Waals surface area (Å²) < 4.78 is 9.98. The summed E-state index contributed by atoms with van der Waals surface area (Å²) in [6.07, 6.45) is 1.09. The number of carbonyl (C=O) groups excluding carboxylic acids is 2. The van der Waals surface area contributed by atoms with Gasteiger partial charge < -0.3 is 9.47 Å². The van der Waals surface area contributed by atoms with E-state index in [-0.39, 0.29) is 11.9 Å². The maximum atomic E-state index is 11.4. The molecule has 0 aliphatic carbocycles. The lowest BCUT2D eigenvalue weighted by Gasteiger charge is -2.25. The minimum Gasteiger partial charge on any atom is -0.465 e. The molecule has 0 aromatic rings. The van der Waals surface area contributed by atoms with Crippen molar-refractivity contribution in [3.63, 3.8) is 0 Å². The van der Waals surface area contributed by atoms with Crippen molar-refractivity contribution in [2.45, 2.75) is 32.8 Å². The van der Waals surface area contributed by atoms with Gasteiger partial charge in [-0.15, -0.1) is 0 Å². The maximum absolute atomic E-state index is 11.4. The first-order valence-corrected chi connectivity index (χ1v) is 5.05. The molecule has 0 saturated carbocycles. The molecule has 1 heterocycles. The van der Waals surface area contributed by atoms with Gasteiger partial charge in [0.2, 0.25) is 0 Å². The van der Waals surface area contributed by atoms with E-state index >= 15 is 0 Å². The van der Waals surface area contributed by atoms with Gasteiger partial charge in [-0.05, 0) is 26.7 Å². The molecule has 1 aliphatic rings. The third kappa shape index (κ3) is 3.08. The van der Waals surface area contributed by atoms with Crippen molar-refractivity contribution in [2.24, 2.45) is 5.92 Å². The second-order valence-electron chi connectivity index (χ2n) is 3.81. The first kappa shape index (κ1) is 11.8. The predicted molar refractivity (Wildman–Crippen MR) is 54.1 cm³/mol. The highest BCUT2D eigenvalue weighted by molar-refractivity contribution is 5.87. The van der Waals surface area contributed by atoms with Crippen molar-refractivity contribution in [2.75, 3.05) is 6.61 Å². The molecule has 2 atom stereocenters. The second kappa shape index (κ2) is 4.96. The Balaban J connectivity index is 2.51. The molecule has 0 aromatic heterocycles. The van der Waals surface area contributed by atoms with Gasteiger partial charge in [0.15, 0.2) is 0 Å². The topological polar surface area (TPSA) is 52.6 Å². The van der Waals surface area contributed by atoms with Crippen LogP contribution in [0, 0.1) is 5.92 Å². The summed E-state index contributed by atoms with van der Waals surface area (Å²) in [5, 5.41) is 0. The summed E-state index contributed by atoms with van der Waals surface area (Å²) in [4.78, 5) is 22.6. The molecule has 1 saturated heterocycles. The SMILES string of the molecule is C=C(C)C(=O)OC(C)C1CCCOC1=O. The molecule has 84 valence electrons. The Kier molecular flexibility index (Phi) is 3.88. The Morgan fingerprint density at radius 2 is 2.33 bits per heavy atom. The molecule has 0 radical (unpaired) electrons.